The van der Waals surface area contributed by atoms with Crippen LogP contribution in [-0.2, 0) is 20.7 Å². The van der Waals surface area contributed by atoms with Crippen molar-refractivity contribution in [2.75, 3.05) is 24.6 Å². The van der Waals surface area contributed by atoms with Crippen LogP contribution in [0.15, 0.2) is 54.6 Å². The lowest BCUT2D eigenvalue weighted by Crippen LogP contribution is -2.40. The number of carbonyl (C=O) groups excluding carboxylic acids is 3. The number of amides is 2. The van der Waals surface area contributed by atoms with Gasteiger partial charge in [-0.15, -0.1) is 0 Å². The van der Waals surface area contributed by atoms with E-state index in [1.54, 1.807) is 31.2 Å². The maximum Gasteiger partial charge on any atom is 0.338 e. The number of anilines is 1. The average molecular weight is 382 g/mol. The van der Waals surface area contributed by atoms with E-state index < -0.39 is 5.97 Å². The zero-order valence-electron chi connectivity index (χ0n) is 16.3. The van der Waals surface area contributed by atoms with E-state index in [4.69, 9.17) is 4.74 Å². The van der Waals surface area contributed by atoms with Gasteiger partial charge in [-0.25, -0.2) is 4.79 Å². The number of esters is 1. The molecular weight excluding hydrogens is 356 g/mol. The molecule has 1 N–H and O–H groups in total. The summed E-state index contributed by atoms with van der Waals surface area (Å²) in [5.41, 5.74) is 2.18. The number of ether oxygens (including phenoxy) is 1. The summed E-state index contributed by atoms with van der Waals surface area (Å²) in [6.45, 7) is 3.91. The molecule has 0 aliphatic rings. The fraction of sp³-hybridized carbons (Fsp3) is 0.318. The molecule has 0 spiro atoms. The van der Waals surface area contributed by atoms with Crippen molar-refractivity contribution in [2.24, 2.45) is 0 Å². The molecule has 0 fully saturated rings. The summed E-state index contributed by atoms with van der Waals surface area (Å²) in [6.07, 6.45) is 1.71. The zero-order chi connectivity index (χ0) is 20.4. The largest absolute Gasteiger partial charge is 0.462 e. The lowest BCUT2D eigenvalue weighted by atomic mass is 10.1. The van der Waals surface area contributed by atoms with Gasteiger partial charge in [0.15, 0.2) is 0 Å². The van der Waals surface area contributed by atoms with Crippen molar-refractivity contribution in [1.82, 2.24) is 5.32 Å². The van der Waals surface area contributed by atoms with E-state index in [1.165, 1.54) is 17.4 Å². The molecule has 0 atom stereocenters. The van der Waals surface area contributed by atoms with Crippen LogP contribution in [0.2, 0.25) is 0 Å². The first-order valence-corrected chi connectivity index (χ1v) is 9.37. The Morgan fingerprint density at radius 3 is 2.29 bits per heavy atom. The van der Waals surface area contributed by atoms with Crippen LogP contribution in [0.5, 0.6) is 0 Å². The number of hydrogen-bond acceptors (Lipinski definition) is 4. The van der Waals surface area contributed by atoms with Crippen LogP contribution >= 0.6 is 0 Å². The molecule has 0 unspecified atom stereocenters. The third kappa shape index (κ3) is 6.54. The summed E-state index contributed by atoms with van der Waals surface area (Å²) in [6, 6.07) is 16.5. The number of nitrogens with zero attached hydrogens (tertiary/aromatic N) is 1. The van der Waals surface area contributed by atoms with Crippen LogP contribution in [0.4, 0.5) is 5.69 Å². The number of hydrogen-bond donors (Lipinski definition) is 1. The van der Waals surface area contributed by atoms with E-state index in [2.05, 4.69) is 17.4 Å². The summed E-state index contributed by atoms with van der Waals surface area (Å²) in [5, 5.41) is 2.85. The van der Waals surface area contributed by atoms with E-state index in [9.17, 15) is 14.4 Å². The number of benzene rings is 2. The molecule has 2 rings (SSSR count). The fourth-order valence-corrected chi connectivity index (χ4v) is 2.74. The lowest BCUT2D eigenvalue weighted by Gasteiger charge is -2.21. The summed E-state index contributed by atoms with van der Waals surface area (Å²) in [4.78, 5) is 37.3. The minimum atomic E-state index is -0.417. The van der Waals surface area contributed by atoms with Crippen LogP contribution in [0, 0.1) is 0 Å². The van der Waals surface area contributed by atoms with Crippen LogP contribution in [0.1, 0.15) is 36.2 Å². The molecule has 0 saturated carbocycles. The molecule has 0 radical (unpaired) electrons. The predicted molar refractivity (Wildman–Crippen MR) is 108 cm³/mol. The van der Waals surface area contributed by atoms with Gasteiger partial charge in [0.2, 0.25) is 11.8 Å². The molecule has 0 aliphatic carbocycles. The van der Waals surface area contributed by atoms with Crippen molar-refractivity contribution < 1.29 is 19.1 Å². The first-order chi connectivity index (χ1) is 13.5. The van der Waals surface area contributed by atoms with Gasteiger partial charge in [-0.2, -0.15) is 0 Å². The second-order valence-corrected chi connectivity index (χ2v) is 6.31. The first-order valence-electron chi connectivity index (χ1n) is 9.37. The minimum Gasteiger partial charge on any atom is -0.462 e. The number of nitrogens with one attached hydrogen (secondary N) is 1. The summed E-state index contributed by atoms with van der Waals surface area (Å²) in [5.74, 6) is -0.888. The molecule has 6 heteroatoms. The molecule has 0 saturated heterocycles. The van der Waals surface area contributed by atoms with Crippen molar-refractivity contribution >= 4 is 23.5 Å². The molecular formula is C22H26N2O4. The number of carbonyl (C=O) groups is 3. The Morgan fingerprint density at radius 1 is 1.00 bits per heavy atom. The van der Waals surface area contributed by atoms with Gasteiger partial charge >= 0.3 is 5.97 Å². The smallest absolute Gasteiger partial charge is 0.338 e. The van der Waals surface area contributed by atoms with Crippen molar-refractivity contribution in [3.63, 3.8) is 0 Å². The Morgan fingerprint density at radius 2 is 1.68 bits per heavy atom. The highest BCUT2D eigenvalue weighted by molar-refractivity contribution is 5.98. The monoisotopic (exact) mass is 382 g/mol. The van der Waals surface area contributed by atoms with Crippen molar-refractivity contribution in [3.05, 3.63) is 65.7 Å². The Hall–Kier alpha value is -3.15. The van der Waals surface area contributed by atoms with E-state index in [0.717, 1.165) is 12.8 Å². The molecule has 2 amide bonds. The second-order valence-electron chi connectivity index (χ2n) is 6.31. The van der Waals surface area contributed by atoms with Crippen molar-refractivity contribution in [1.29, 1.82) is 0 Å². The van der Waals surface area contributed by atoms with Gasteiger partial charge in [0.05, 0.1) is 12.2 Å². The standard InChI is InChI=1S/C22H26N2O4/c1-3-28-22(27)19-11-13-20(14-12-19)24(17(2)25)16-21(26)23-15-7-10-18-8-5-4-6-9-18/h4-6,8-9,11-14H,3,7,10,15-16H2,1-2H3,(H,23,26). The maximum absolute atomic E-state index is 12.2. The molecule has 28 heavy (non-hydrogen) atoms. The summed E-state index contributed by atoms with van der Waals surface area (Å²) in [7, 11) is 0. The Labute approximate surface area is 165 Å². The number of aryl methyl sites for hydroxylation is 1. The van der Waals surface area contributed by atoms with Gasteiger partial charge in [0, 0.05) is 19.2 Å². The topological polar surface area (TPSA) is 75.7 Å². The highest BCUT2D eigenvalue weighted by Gasteiger charge is 2.16. The van der Waals surface area contributed by atoms with E-state index in [1.807, 2.05) is 18.2 Å². The van der Waals surface area contributed by atoms with E-state index in [0.29, 0.717) is 24.4 Å². The van der Waals surface area contributed by atoms with Crippen LogP contribution in [-0.4, -0.2) is 37.5 Å². The molecule has 0 aromatic heterocycles. The van der Waals surface area contributed by atoms with Crippen LogP contribution in [0.25, 0.3) is 0 Å². The van der Waals surface area contributed by atoms with Crippen LogP contribution < -0.4 is 10.2 Å². The third-order valence-electron chi connectivity index (χ3n) is 4.18. The van der Waals surface area contributed by atoms with Gasteiger partial charge in [-0.05, 0) is 49.6 Å². The van der Waals surface area contributed by atoms with Crippen molar-refractivity contribution in [2.45, 2.75) is 26.7 Å². The Kier molecular flexibility index (Phi) is 8.21. The maximum atomic E-state index is 12.2. The first kappa shape index (κ1) is 21.2. The second kappa shape index (κ2) is 10.9. The lowest BCUT2D eigenvalue weighted by molar-refractivity contribution is -0.123. The fourth-order valence-electron chi connectivity index (χ4n) is 2.74. The highest BCUT2D eigenvalue weighted by Crippen LogP contribution is 2.16. The van der Waals surface area contributed by atoms with Gasteiger partial charge in [-0.1, -0.05) is 30.3 Å². The third-order valence-corrected chi connectivity index (χ3v) is 4.18. The molecule has 0 bridgehead atoms. The van der Waals surface area contributed by atoms with E-state index >= 15 is 0 Å². The summed E-state index contributed by atoms with van der Waals surface area (Å²) >= 11 is 0. The molecule has 0 aliphatic heterocycles. The Balaban J connectivity index is 1.86. The highest BCUT2D eigenvalue weighted by atomic mass is 16.5. The number of rotatable bonds is 9. The zero-order valence-corrected chi connectivity index (χ0v) is 16.3. The molecule has 2 aromatic rings. The van der Waals surface area contributed by atoms with Gasteiger partial charge in [0.25, 0.3) is 0 Å². The molecule has 6 nitrogen and oxygen atoms in total. The molecule has 2 aromatic carbocycles. The average Bonchev–Trinajstić information content (AvgIpc) is 2.70. The van der Waals surface area contributed by atoms with Gasteiger partial charge < -0.3 is 15.0 Å². The quantitative estimate of drug-likeness (QED) is 0.534. The predicted octanol–water partition coefficient (Wildman–Crippen LogP) is 2.97. The van der Waals surface area contributed by atoms with Gasteiger partial charge in [-0.3, -0.25) is 9.59 Å². The normalized spacial score (nSPS) is 10.2. The minimum absolute atomic E-state index is 0.0700. The Bertz CT molecular complexity index is 788. The van der Waals surface area contributed by atoms with Crippen LogP contribution in [0.3, 0.4) is 0 Å². The van der Waals surface area contributed by atoms with Crippen molar-refractivity contribution in [3.8, 4) is 0 Å². The van der Waals surface area contributed by atoms with Gasteiger partial charge in [0.1, 0.15) is 6.54 Å². The molecule has 148 valence electrons. The SMILES string of the molecule is CCOC(=O)c1ccc(N(CC(=O)NCCCc2ccccc2)C(C)=O)cc1. The van der Waals surface area contributed by atoms with E-state index in [-0.39, 0.29) is 18.4 Å². The molecule has 0 heterocycles. The summed E-state index contributed by atoms with van der Waals surface area (Å²) < 4.78 is 4.94.